The molecule has 0 radical (unpaired) electrons. The third-order valence-corrected chi connectivity index (χ3v) is 31.3. The van der Waals surface area contributed by atoms with Crippen LogP contribution < -0.4 is 10.6 Å². The van der Waals surface area contributed by atoms with Crippen molar-refractivity contribution in [2.45, 2.75) is 24.5 Å². The molecule has 0 bridgehead atoms. The molecule has 0 aromatic heterocycles. The first kappa shape index (κ1) is 23.6. The van der Waals surface area contributed by atoms with Gasteiger partial charge in [0, 0.05) is 0 Å². The topological polar surface area (TPSA) is 18.5 Å². The molecule has 2 unspecified atom stereocenters. The van der Waals surface area contributed by atoms with Crippen LogP contribution >= 0.6 is 8.85 Å². The van der Waals surface area contributed by atoms with E-state index in [1.54, 1.807) is 0 Å². The van der Waals surface area contributed by atoms with Gasteiger partial charge < -0.3 is 0 Å². The summed E-state index contributed by atoms with van der Waals surface area (Å²) >= 11 is 7.67. The van der Waals surface area contributed by atoms with Gasteiger partial charge in [-0.3, -0.25) is 0 Å². The molecular formula is C18H24O2P2Se4. The van der Waals surface area contributed by atoms with E-state index >= 15 is 0 Å². The van der Waals surface area contributed by atoms with Gasteiger partial charge in [0.15, 0.2) is 0 Å². The van der Waals surface area contributed by atoms with E-state index in [2.05, 4.69) is 103 Å². The van der Waals surface area contributed by atoms with Gasteiger partial charge in [-0.05, 0) is 0 Å². The Kier molecular flexibility index (Phi) is 11.0. The van der Waals surface area contributed by atoms with Crippen molar-refractivity contribution < 1.29 is 9.05 Å². The van der Waals surface area contributed by atoms with Gasteiger partial charge in [-0.25, -0.2) is 0 Å². The van der Waals surface area contributed by atoms with E-state index in [9.17, 15) is 0 Å². The molecule has 2 rings (SSSR count). The molecule has 0 saturated carbocycles. The molecule has 2 atom stereocenters. The Bertz CT molecular complexity index is 691. The Morgan fingerprint density at radius 2 is 1.04 bits per heavy atom. The van der Waals surface area contributed by atoms with Gasteiger partial charge in [-0.2, -0.15) is 0 Å². The van der Waals surface area contributed by atoms with Crippen LogP contribution in [0, 0.1) is 0 Å². The van der Waals surface area contributed by atoms with E-state index in [4.69, 9.17) is 9.05 Å². The van der Waals surface area contributed by atoms with Crippen LogP contribution in [0.5, 0.6) is 0 Å². The van der Waals surface area contributed by atoms with Crippen LogP contribution in [-0.2, 0) is 9.05 Å². The van der Waals surface area contributed by atoms with Crippen molar-refractivity contribution in [1.29, 1.82) is 0 Å². The van der Waals surface area contributed by atoms with Crippen molar-refractivity contribution in [3.63, 3.8) is 0 Å². The molecule has 0 N–H and O–H groups in total. The number of hydrogen-bond donors (Lipinski definition) is 0. The molecule has 8 heteroatoms. The molecule has 26 heavy (non-hydrogen) atoms. The van der Waals surface area contributed by atoms with Crippen molar-refractivity contribution in [2.24, 2.45) is 0 Å². The number of unbranched alkanes of at least 4 members (excludes halogenated alkanes) is 1. The van der Waals surface area contributed by atoms with Crippen LogP contribution in [0.2, 0.25) is 11.6 Å². The third kappa shape index (κ3) is 6.97. The first-order chi connectivity index (χ1) is 12.5. The summed E-state index contributed by atoms with van der Waals surface area (Å²) in [5.41, 5.74) is 0. The van der Waals surface area contributed by atoms with E-state index in [0.717, 1.165) is 26.1 Å². The SMILES string of the molecule is C[Se]P(=[Se])(OCCCCOP(=[Se])([Se]C)c1ccccc1)c1ccccc1. The van der Waals surface area contributed by atoms with Crippen LogP contribution in [0.3, 0.4) is 0 Å². The molecule has 0 amide bonds. The summed E-state index contributed by atoms with van der Waals surface area (Å²) in [7, 11) is 0. The van der Waals surface area contributed by atoms with Crippen LogP contribution in [-0.4, -0.2) is 72.4 Å². The van der Waals surface area contributed by atoms with Gasteiger partial charge in [0.05, 0.1) is 0 Å². The van der Waals surface area contributed by atoms with Crippen molar-refractivity contribution in [2.75, 3.05) is 13.2 Å². The summed E-state index contributed by atoms with van der Waals surface area (Å²) in [4.78, 5) is 0. The molecule has 0 saturated heterocycles. The van der Waals surface area contributed by atoms with Crippen LogP contribution in [0.25, 0.3) is 0 Å². The standard InChI is InChI=1S/C18H24O2P2Se4/c1-25-21(23,17-11-5-3-6-12-17)19-15-9-10-16-20-22(24,26-2)18-13-7-4-8-14-18/h3-8,11-14H,9-10,15-16H2,1-2H3. The molecule has 142 valence electrons. The van der Waals surface area contributed by atoms with Gasteiger partial charge in [0.1, 0.15) is 0 Å². The van der Waals surface area contributed by atoms with E-state index in [-0.39, 0.29) is 0 Å². The predicted molar refractivity (Wildman–Crippen MR) is 122 cm³/mol. The summed E-state index contributed by atoms with van der Waals surface area (Å²) in [6, 6.07) is 21.3. The molecule has 2 aromatic rings. The molecular weight excluding hydrogens is 626 g/mol. The van der Waals surface area contributed by atoms with Gasteiger partial charge in [-0.15, -0.1) is 0 Å². The Labute approximate surface area is 184 Å². The van der Waals surface area contributed by atoms with Crippen molar-refractivity contribution in [3.05, 3.63) is 60.7 Å². The molecule has 0 aliphatic heterocycles. The fourth-order valence-corrected chi connectivity index (χ4v) is 13.9. The minimum absolute atomic E-state index is 0.446. The Morgan fingerprint density at radius 3 is 1.35 bits per heavy atom. The fraction of sp³-hybridized carbons (Fsp3) is 0.333. The molecule has 0 spiro atoms. The zero-order valence-electron chi connectivity index (χ0n) is 14.9. The zero-order valence-corrected chi connectivity index (χ0v) is 23.6. The first-order valence-electron chi connectivity index (χ1n) is 8.26. The van der Waals surface area contributed by atoms with Gasteiger partial charge in [0.25, 0.3) is 0 Å². The van der Waals surface area contributed by atoms with Gasteiger partial charge in [-0.1, -0.05) is 0 Å². The first-order valence-corrected chi connectivity index (χ1v) is 24.0. The summed E-state index contributed by atoms with van der Waals surface area (Å²) < 4.78 is 9.61. The van der Waals surface area contributed by atoms with E-state index in [0.29, 0.717) is 29.0 Å². The molecule has 0 fully saturated rings. The summed E-state index contributed by atoms with van der Waals surface area (Å²) in [6.45, 7) is 1.60. The molecule has 2 aromatic carbocycles. The van der Waals surface area contributed by atoms with Crippen LogP contribution in [0.1, 0.15) is 12.8 Å². The zero-order chi connectivity index (χ0) is 18.9. The second-order valence-corrected chi connectivity index (χ2v) is 34.2. The Morgan fingerprint density at radius 1 is 0.692 bits per heavy atom. The molecule has 0 heterocycles. The average molecular weight is 650 g/mol. The number of rotatable bonds is 11. The van der Waals surface area contributed by atoms with Crippen molar-refractivity contribution in [1.82, 2.24) is 0 Å². The molecule has 0 aliphatic carbocycles. The predicted octanol–water partition coefficient (Wildman–Crippen LogP) is 3.82. The van der Waals surface area contributed by atoms with Crippen LogP contribution in [0.4, 0.5) is 0 Å². The second-order valence-electron chi connectivity index (χ2n) is 5.40. The quantitative estimate of drug-likeness (QED) is 0.210. The number of benzene rings is 2. The Balaban J connectivity index is 1.78. The molecule has 2 nitrogen and oxygen atoms in total. The average Bonchev–Trinajstić information content (AvgIpc) is 2.71. The minimum atomic E-state index is -1.54. The maximum absolute atomic E-state index is 6.34. The fourth-order valence-electron chi connectivity index (χ4n) is 2.26. The normalized spacial score (nSPS) is 15.9. The van der Waals surface area contributed by atoms with E-state index in [1.165, 1.54) is 10.6 Å². The number of hydrogen-bond acceptors (Lipinski definition) is 2. The summed E-state index contributed by atoms with van der Waals surface area (Å²) in [5, 5.41) is 2.68. The monoisotopic (exact) mass is 654 g/mol. The second kappa shape index (κ2) is 12.1. The van der Waals surface area contributed by atoms with Crippen molar-refractivity contribution in [3.8, 4) is 0 Å². The molecule has 0 aliphatic rings. The van der Waals surface area contributed by atoms with Crippen LogP contribution in [0.15, 0.2) is 60.7 Å². The summed E-state index contributed by atoms with van der Waals surface area (Å²) in [5.74, 6) is 4.53. The summed E-state index contributed by atoms with van der Waals surface area (Å²) in [6.07, 6.45) is 2.08. The van der Waals surface area contributed by atoms with E-state index in [1.807, 2.05) is 0 Å². The third-order valence-electron chi connectivity index (χ3n) is 3.69. The van der Waals surface area contributed by atoms with Gasteiger partial charge >= 0.3 is 186 Å². The Hall–Kier alpha value is 1.30. The van der Waals surface area contributed by atoms with Gasteiger partial charge in [0.2, 0.25) is 0 Å². The maximum atomic E-state index is 6.34. The van der Waals surface area contributed by atoms with Crippen molar-refractivity contribution >= 4 is 78.7 Å². The van der Waals surface area contributed by atoms with E-state index < -0.39 is 8.85 Å².